The van der Waals surface area contributed by atoms with Crippen LogP contribution < -0.4 is 13.6 Å². The maximum atomic E-state index is 5.58. The average Bonchev–Trinajstić information content (AvgIpc) is 2.59. The summed E-state index contributed by atoms with van der Waals surface area (Å²) < 4.78 is 44.8. The summed E-state index contributed by atoms with van der Waals surface area (Å²) in [7, 11) is -4.16. The van der Waals surface area contributed by atoms with E-state index in [2.05, 4.69) is 33.3 Å². The van der Waals surface area contributed by atoms with Crippen molar-refractivity contribution >= 4 is 24.2 Å². The summed E-state index contributed by atoms with van der Waals surface area (Å²) in [6.45, 7) is 12.5. The largest absolute Gasteiger partial charge is 0.629 e. The van der Waals surface area contributed by atoms with E-state index in [4.69, 9.17) is 27.8 Å². The molecule has 24 heavy (non-hydrogen) atoms. The van der Waals surface area contributed by atoms with Gasteiger partial charge in [0.2, 0.25) is 13.5 Å². The zero-order valence-corrected chi connectivity index (χ0v) is 15.9. The molecule has 0 aliphatic heterocycles. The Morgan fingerprint density at radius 3 is 1.08 bits per heavy atom. The first-order chi connectivity index (χ1) is 11.8. The van der Waals surface area contributed by atoms with E-state index in [9.17, 15) is 0 Å². The third-order valence-corrected chi connectivity index (χ3v) is 6.95. The van der Waals surface area contributed by atoms with Gasteiger partial charge in [0.1, 0.15) is 39.6 Å². The highest BCUT2D eigenvalue weighted by atomic mass is 31.2. The first-order valence-electron chi connectivity index (χ1n) is 6.91. The van der Waals surface area contributed by atoms with Gasteiger partial charge in [0.25, 0.3) is 0 Å². The van der Waals surface area contributed by atoms with Crippen molar-refractivity contribution in [1.29, 1.82) is 0 Å². The summed E-state index contributed by atoms with van der Waals surface area (Å²) in [5, 5.41) is 0. The SMILES string of the molecule is C=COCCO[p+]1n[p+](OCCOC=C)n[p+](OCCOC=C)n1. The Morgan fingerprint density at radius 1 is 0.542 bits per heavy atom. The van der Waals surface area contributed by atoms with Crippen LogP contribution in [-0.4, -0.2) is 53.2 Å². The summed E-state index contributed by atoms with van der Waals surface area (Å²) in [5.41, 5.74) is 0. The van der Waals surface area contributed by atoms with E-state index in [-0.39, 0.29) is 0 Å². The highest BCUT2D eigenvalue weighted by molar-refractivity contribution is 7.58. The van der Waals surface area contributed by atoms with Crippen LogP contribution in [0.3, 0.4) is 0 Å². The van der Waals surface area contributed by atoms with E-state index in [0.717, 1.165) is 0 Å². The number of nitrogens with zero attached hydrogens (tertiary/aromatic N) is 3. The maximum absolute atomic E-state index is 5.58. The monoisotopic (exact) mass is 396 g/mol. The second kappa shape index (κ2) is 14.2. The zero-order chi connectivity index (χ0) is 17.5. The number of hydrogen-bond donors (Lipinski definition) is 0. The molecule has 1 aromatic heterocycles. The van der Waals surface area contributed by atoms with Crippen molar-refractivity contribution in [1.82, 2.24) is 13.5 Å². The van der Waals surface area contributed by atoms with Crippen LogP contribution in [-0.2, 0) is 14.2 Å². The molecule has 0 N–H and O–H groups in total. The van der Waals surface area contributed by atoms with E-state index in [0.29, 0.717) is 39.6 Å². The van der Waals surface area contributed by atoms with Crippen LogP contribution in [0.15, 0.2) is 38.5 Å². The van der Waals surface area contributed by atoms with Gasteiger partial charge in [-0.2, -0.15) is 0 Å². The third-order valence-electron chi connectivity index (χ3n) is 2.04. The zero-order valence-electron chi connectivity index (χ0n) is 13.2. The van der Waals surface area contributed by atoms with Crippen LogP contribution in [0, 0.1) is 0 Å². The summed E-state index contributed by atoms with van der Waals surface area (Å²) in [5.74, 6) is 0. The van der Waals surface area contributed by atoms with Crippen LogP contribution in [0.4, 0.5) is 0 Å². The Labute approximate surface area is 144 Å². The highest BCUT2D eigenvalue weighted by Crippen LogP contribution is 2.33. The molecule has 0 fully saturated rings. The van der Waals surface area contributed by atoms with Gasteiger partial charge < -0.3 is 14.2 Å². The Morgan fingerprint density at radius 2 is 0.833 bits per heavy atom. The first-order valence-corrected chi connectivity index (χ1v) is 10.4. The minimum atomic E-state index is -1.39. The van der Waals surface area contributed by atoms with Gasteiger partial charge in [-0.3, -0.25) is 0 Å². The van der Waals surface area contributed by atoms with Gasteiger partial charge in [-0.1, -0.05) is 19.7 Å². The second-order valence-corrected chi connectivity index (χ2v) is 8.08. The van der Waals surface area contributed by atoms with E-state index < -0.39 is 24.2 Å². The van der Waals surface area contributed by atoms with Gasteiger partial charge >= 0.3 is 24.2 Å². The van der Waals surface area contributed by atoms with Crippen LogP contribution in [0.25, 0.3) is 0 Å². The minimum absolute atomic E-state index is 0.343. The fraction of sp³-hybridized carbons (Fsp3) is 0.500. The Kier molecular flexibility index (Phi) is 12.3. The summed E-state index contributed by atoms with van der Waals surface area (Å²) >= 11 is 0. The van der Waals surface area contributed by atoms with Crippen molar-refractivity contribution < 1.29 is 27.8 Å². The molecule has 0 radical (unpaired) electrons. The molecule has 0 atom stereocenters. The number of aromatic nitrogens is 3. The van der Waals surface area contributed by atoms with Gasteiger partial charge in [-0.15, -0.1) is 13.6 Å². The van der Waals surface area contributed by atoms with Gasteiger partial charge in [0, 0.05) is 0 Å². The molecule has 0 bridgehead atoms. The highest BCUT2D eigenvalue weighted by Gasteiger charge is 2.40. The second-order valence-electron chi connectivity index (χ2n) is 3.64. The first kappa shape index (κ1) is 20.8. The molecular weight excluding hydrogens is 375 g/mol. The predicted octanol–water partition coefficient (Wildman–Crippen LogP) is 2.44. The van der Waals surface area contributed by atoms with Crippen LogP contribution in [0.2, 0.25) is 0 Å². The van der Waals surface area contributed by atoms with E-state index in [1.54, 1.807) is 0 Å². The predicted molar refractivity (Wildman–Crippen MR) is 94.0 cm³/mol. The Bertz CT molecular complexity index is 439. The lowest BCUT2D eigenvalue weighted by Crippen LogP contribution is -2.08. The summed E-state index contributed by atoms with van der Waals surface area (Å²) in [6.07, 6.45) is 4.06. The lowest BCUT2D eigenvalue weighted by atomic mass is 10.8. The molecule has 0 aliphatic rings. The quantitative estimate of drug-likeness (QED) is 0.327. The Balaban J connectivity index is 2.62. The molecule has 0 spiro atoms. The average molecular weight is 396 g/mol. The molecule has 1 rings (SSSR count). The molecule has 1 aromatic rings. The molecular formula is C12H21N3O6P3+3. The van der Waals surface area contributed by atoms with Crippen molar-refractivity contribution in [3.8, 4) is 0 Å². The topological polar surface area (TPSA) is 94.1 Å². The van der Waals surface area contributed by atoms with Gasteiger partial charge in [-0.05, 0) is 0 Å². The smallest absolute Gasteiger partial charge is 0.499 e. The molecule has 0 saturated carbocycles. The fourth-order valence-corrected chi connectivity index (χ4v) is 6.08. The lowest BCUT2D eigenvalue weighted by Gasteiger charge is -1.93. The van der Waals surface area contributed by atoms with Gasteiger partial charge in [-0.25, -0.2) is 0 Å². The van der Waals surface area contributed by atoms with Gasteiger partial charge in [0.15, 0.2) is 0 Å². The molecule has 0 aromatic carbocycles. The Hall–Kier alpha value is -1.20. The standard InChI is InChI=1S/C12H21N3O6P3/c1-4-16-7-10-19-22-13-23(20-11-8-17-5-2)15-24(14-22)21-12-9-18-6-3/h4-6H,1-3,7-12H2/q+3. The van der Waals surface area contributed by atoms with Crippen LogP contribution >= 0.6 is 24.2 Å². The van der Waals surface area contributed by atoms with E-state index in [1.165, 1.54) is 18.8 Å². The molecule has 0 aliphatic carbocycles. The molecule has 0 saturated heterocycles. The normalized spacial score (nSPS) is 12.2. The molecule has 9 nitrogen and oxygen atoms in total. The van der Waals surface area contributed by atoms with E-state index >= 15 is 0 Å². The summed E-state index contributed by atoms with van der Waals surface area (Å²) in [6, 6.07) is 0. The van der Waals surface area contributed by atoms with Crippen LogP contribution in [0.1, 0.15) is 0 Å². The van der Waals surface area contributed by atoms with Crippen LogP contribution in [0.5, 0.6) is 0 Å². The summed E-state index contributed by atoms with van der Waals surface area (Å²) in [4.78, 5) is 0. The molecule has 0 unspecified atom stereocenters. The molecule has 12 heteroatoms. The van der Waals surface area contributed by atoms with Crippen molar-refractivity contribution in [2.24, 2.45) is 0 Å². The van der Waals surface area contributed by atoms with Crippen molar-refractivity contribution in [2.75, 3.05) is 39.6 Å². The van der Waals surface area contributed by atoms with Crippen molar-refractivity contribution in [3.63, 3.8) is 0 Å². The molecule has 1 heterocycles. The number of hydrogen-bond acceptors (Lipinski definition) is 9. The minimum Gasteiger partial charge on any atom is -0.499 e. The third kappa shape index (κ3) is 9.83. The molecule has 0 amide bonds. The van der Waals surface area contributed by atoms with E-state index in [1.807, 2.05) is 0 Å². The molecule has 132 valence electrons. The van der Waals surface area contributed by atoms with Crippen molar-refractivity contribution in [2.45, 2.75) is 0 Å². The lowest BCUT2D eigenvalue weighted by molar-refractivity contribution is 0.204. The fourth-order valence-electron chi connectivity index (χ4n) is 1.16. The van der Waals surface area contributed by atoms with Gasteiger partial charge in [0.05, 0.1) is 18.8 Å². The maximum Gasteiger partial charge on any atom is 0.629 e. The number of rotatable bonds is 15. The number of ether oxygens (including phenoxy) is 3. The van der Waals surface area contributed by atoms with Crippen molar-refractivity contribution in [3.05, 3.63) is 38.5 Å².